The van der Waals surface area contributed by atoms with Crippen molar-refractivity contribution in [3.8, 4) is 0 Å². The Kier molecular flexibility index (Phi) is 2.42. The average Bonchev–Trinajstić information content (AvgIpc) is 2.29. The molecule has 1 fully saturated rings. The summed E-state index contributed by atoms with van der Waals surface area (Å²) in [7, 11) is 0. The van der Waals surface area contributed by atoms with Crippen molar-refractivity contribution in [3.05, 3.63) is 23.0 Å². The van der Waals surface area contributed by atoms with Gasteiger partial charge in [-0.2, -0.15) is 0 Å². The quantitative estimate of drug-likeness (QED) is 0.546. The third-order valence-corrected chi connectivity index (χ3v) is 4.50. The van der Waals surface area contributed by atoms with E-state index in [9.17, 15) is 4.39 Å². The molecule has 0 amide bonds. The molecule has 15 heavy (non-hydrogen) atoms. The van der Waals surface area contributed by atoms with E-state index in [2.05, 4.69) is 0 Å². The molecular formula is C14H19F. The molecule has 0 aromatic heterocycles. The van der Waals surface area contributed by atoms with Gasteiger partial charge in [0.1, 0.15) is 5.83 Å². The van der Waals surface area contributed by atoms with Gasteiger partial charge in [0.15, 0.2) is 0 Å². The van der Waals surface area contributed by atoms with Gasteiger partial charge in [-0.05, 0) is 62.0 Å². The van der Waals surface area contributed by atoms with Crippen LogP contribution in [0.25, 0.3) is 0 Å². The highest BCUT2D eigenvalue weighted by Crippen LogP contribution is 2.48. The van der Waals surface area contributed by atoms with Crippen LogP contribution in [0.1, 0.15) is 51.4 Å². The number of hydrogen-bond acceptors (Lipinski definition) is 0. The number of hydrogen-bond donors (Lipinski definition) is 0. The molecular weight excluding hydrogens is 187 g/mol. The highest BCUT2D eigenvalue weighted by Gasteiger charge is 2.35. The molecule has 2 atom stereocenters. The lowest BCUT2D eigenvalue weighted by molar-refractivity contribution is 0.235. The molecule has 0 aromatic rings. The molecule has 0 radical (unpaired) electrons. The van der Waals surface area contributed by atoms with Crippen LogP contribution in [-0.2, 0) is 0 Å². The molecule has 0 aliphatic heterocycles. The van der Waals surface area contributed by atoms with Gasteiger partial charge >= 0.3 is 0 Å². The topological polar surface area (TPSA) is 0 Å². The molecule has 0 heterocycles. The molecule has 0 bridgehead atoms. The van der Waals surface area contributed by atoms with Gasteiger partial charge in [-0.25, -0.2) is 4.39 Å². The summed E-state index contributed by atoms with van der Waals surface area (Å²) in [5.74, 6) is 1.52. The van der Waals surface area contributed by atoms with E-state index in [-0.39, 0.29) is 5.83 Å². The fourth-order valence-corrected chi connectivity index (χ4v) is 3.78. The van der Waals surface area contributed by atoms with E-state index in [1.807, 2.05) is 6.08 Å². The predicted octanol–water partition coefficient (Wildman–Crippen LogP) is 4.53. The Bertz CT molecular complexity index is 324. The minimum atomic E-state index is 0.132. The van der Waals surface area contributed by atoms with Gasteiger partial charge in [0, 0.05) is 0 Å². The number of rotatable bonds is 0. The van der Waals surface area contributed by atoms with Crippen molar-refractivity contribution in [2.75, 3.05) is 0 Å². The van der Waals surface area contributed by atoms with Crippen LogP contribution in [0.15, 0.2) is 23.0 Å². The van der Waals surface area contributed by atoms with Gasteiger partial charge in [-0.15, -0.1) is 0 Å². The van der Waals surface area contributed by atoms with Gasteiger partial charge in [-0.1, -0.05) is 18.4 Å². The van der Waals surface area contributed by atoms with Crippen LogP contribution < -0.4 is 0 Å². The summed E-state index contributed by atoms with van der Waals surface area (Å²) in [4.78, 5) is 0. The Hall–Kier alpha value is -0.590. The van der Waals surface area contributed by atoms with Crippen LogP contribution in [0.3, 0.4) is 0 Å². The lowest BCUT2D eigenvalue weighted by atomic mass is 9.66. The second kappa shape index (κ2) is 3.77. The summed E-state index contributed by atoms with van der Waals surface area (Å²) < 4.78 is 13.9. The van der Waals surface area contributed by atoms with Crippen molar-refractivity contribution < 1.29 is 4.39 Å². The minimum Gasteiger partial charge on any atom is -0.207 e. The molecule has 0 spiro atoms. The van der Waals surface area contributed by atoms with Crippen LogP contribution in [0.4, 0.5) is 4.39 Å². The van der Waals surface area contributed by atoms with Crippen LogP contribution >= 0.6 is 0 Å². The first-order chi connectivity index (χ1) is 7.36. The first-order valence-electron chi connectivity index (χ1n) is 6.44. The normalized spacial score (nSPS) is 35.7. The van der Waals surface area contributed by atoms with E-state index in [0.29, 0.717) is 5.92 Å². The lowest BCUT2D eigenvalue weighted by Gasteiger charge is -2.39. The zero-order valence-electron chi connectivity index (χ0n) is 9.27. The smallest absolute Gasteiger partial charge is 0.122 e. The van der Waals surface area contributed by atoms with Gasteiger partial charge in [0.2, 0.25) is 0 Å². The summed E-state index contributed by atoms with van der Waals surface area (Å²) in [6, 6.07) is 0. The number of halogens is 1. The Balaban J connectivity index is 1.95. The largest absolute Gasteiger partial charge is 0.207 e. The van der Waals surface area contributed by atoms with E-state index < -0.39 is 0 Å². The highest BCUT2D eigenvalue weighted by atomic mass is 19.1. The standard InChI is InChI=1S/C14H19F/c15-13-7-3-5-11-9-8-10-4-1-2-6-12(10)14(11)13/h7,10,12H,1-6,8-9H2/t10-,12-/m0/s1. The van der Waals surface area contributed by atoms with Crippen LogP contribution in [0, 0.1) is 11.8 Å². The first kappa shape index (κ1) is 9.62. The van der Waals surface area contributed by atoms with Crippen molar-refractivity contribution >= 4 is 0 Å². The average molecular weight is 206 g/mol. The monoisotopic (exact) mass is 206 g/mol. The van der Waals surface area contributed by atoms with Gasteiger partial charge in [-0.3, -0.25) is 0 Å². The SMILES string of the molecule is FC1=CCCC2=C1[C@H]1CCCC[C@H]1CC2. The maximum atomic E-state index is 13.9. The Morgan fingerprint density at radius 1 is 1.07 bits per heavy atom. The molecule has 0 saturated heterocycles. The van der Waals surface area contributed by atoms with E-state index in [4.69, 9.17) is 0 Å². The van der Waals surface area contributed by atoms with E-state index >= 15 is 0 Å². The lowest BCUT2D eigenvalue weighted by Crippen LogP contribution is -2.27. The van der Waals surface area contributed by atoms with Crippen molar-refractivity contribution in [2.45, 2.75) is 51.4 Å². The molecule has 3 aliphatic rings. The number of allylic oxidation sites excluding steroid dienone is 4. The van der Waals surface area contributed by atoms with Gasteiger partial charge in [0.05, 0.1) is 0 Å². The Labute approximate surface area is 91.3 Å². The molecule has 0 unspecified atom stereocenters. The van der Waals surface area contributed by atoms with Crippen molar-refractivity contribution in [2.24, 2.45) is 11.8 Å². The van der Waals surface area contributed by atoms with Gasteiger partial charge in [0.25, 0.3) is 0 Å². The zero-order valence-corrected chi connectivity index (χ0v) is 9.27. The van der Waals surface area contributed by atoms with E-state index in [1.165, 1.54) is 44.1 Å². The zero-order chi connectivity index (χ0) is 10.3. The van der Waals surface area contributed by atoms with Crippen molar-refractivity contribution in [1.29, 1.82) is 0 Å². The predicted molar refractivity (Wildman–Crippen MR) is 60.1 cm³/mol. The Morgan fingerprint density at radius 2 is 1.93 bits per heavy atom. The van der Waals surface area contributed by atoms with Crippen LogP contribution in [0.2, 0.25) is 0 Å². The molecule has 82 valence electrons. The molecule has 1 heteroatoms. The maximum absolute atomic E-state index is 13.9. The van der Waals surface area contributed by atoms with Crippen LogP contribution in [-0.4, -0.2) is 0 Å². The van der Waals surface area contributed by atoms with E-state index in [0.717, 1.165) is 24.3 Å². The van der Waals surface area contributed by atoms with Crippen molar-refractivity contribution in [1.82, 2.24) is 0 Å². The molecule has 0 aromatic carbocycles. The third kappa shape index (κ3) is 1.56. The van der Waals surface area contributed by atoms with Gasteiger partial charge < -0.3 is 0 Å². The molecule has 1 saturated carbocycles. The molecule has 0 nitrogen and oxygen atoms in total. The fourth-order valence-electron chi connectivity index (χ4n) is 3.78. The summed E-state index contributed by atoms with van der Waals surface area (Å²) in [6.45, 7) is 0. The second-order valence-electron chi connectivity index (χ2n) is 5.30. The molecule has 3 rings (SSSR count). The molecule has 3 aliphatic carbocycles. The minimum absolute atomic E-state index is 0.132. The third-order valence-electron chi connectivity index (χ3n) is 4.50. The summed E-state index contributed by atoms with van der Waals surface area (Å²) in [5, 5.41) is 0. The summed E-state index contributed by atoms with van der Waals surface area (Å²) >= 11 is 0. The Morgan fingerprint density at radius 3 is 2.87 bits per heavy atom. The summed E-state index contributed by atoms with van der Waals surface area (Å²) in [6.07, 6.45) is 11.7. The highest BCUT2D eigenvalue weighted by molar-refractivity contribution is 5.38. The van der Waals surface area contributed by atoms with Crippen molar-refractivity contribution in [3.63, 3.8) is 0 Å². The maximum Gasteiger partial charge on any atom is 0.122 e. The van der Waals surface area contributed by atoms with Crippen LogP contribution in [0.5, 0.6) is 0 Å². The number of fused-ring (bicyclic) bond motifs is 2. The van der Waals surface area contributed by atoms with E-state index in [1.54, 1.807) is 0 Å². The summed E-state index contributed by atoms with van der Waals surface area (Å²) in [5.41, 5.74) is 2.61. The first-order valence-corrected chi connectivity index (χ1v) is 6.44. The second-order valence-corrected chi connectivity index (χ2v) is 5.30. The molecule has 0 N–H and O–H groups in total. The fraction of sp³-hybridized carbons (Fsp3) is 0.714.